The Morgan fingerprint density at radius 1 is 1.16 bits per heavy atom. The minimum Gasteiger partial charge on any atom is -0.497 e. The Balaban J connectivity index is 1.61. The lowest BCUT2D eigenvalue weighted by molar-refractivity contribution is 0.131. The molecule has 0 unspecified atom stereocenters. The first-order valence-electron chi connectivity index (χ1n) is 10.9. The number of rotatable bonds is 9. The summed E-state index contributed by atoms with van der Waals surface area (Å²) in [5.41, 5.74) is 1.46. The second-order valence-electron chi connectivity index (χ2n) is 8.08. The number of aromatic nitrogens is 5. The van der Waals surface area contributed by atoms with E-state index in [0.29, 0.717) is 32.3 Å². The molecule has 9 nitrogen and oxygen atoms in total. The highest BCUT2D eigenvalue weighted by atomic mass is 16.5. The van der Waals surface area contributed by atoms with E-state index in [1.165, 1.54) is 19.3 Å². The van der Waals surface area contributed by atoms with Crippen molar-refractivity contribution in [1.82, 2.24) is 30.1 Å². The second kappa shape index (κ2) is 10.0. The quantitative estimate of drug-likeness (QED) is 0.561. The summed E-state index contributed by atoms with van der Waals surface area (Å²) in [7, 11) is 3.29. The Labute approximate surface area is 181 Å². The van der Waals surface area contributed by atoms with Gasteiger partial charge in [0.05, 0.1) is 32.3 Å². The molecular formula is C22H30N6O3. The molecule has 9 heteroatoms. The van der Waals surface area contributed by atoms with Crippen LogP contribution in [0.1, 0.15) is 43.5 Å². The molecule has 1 N–H and O–H groups in total. The number of aromatic amines is 1. The van der Waals surface area contributed by atoms with Crippen LogP contribution < -0.4 is 10.3 Å². The van der Waals surface area contributed by atoms with Gasteiger partial charge in [0.25, 0.3) is 5.56 Å². The molecule has 0 bridgehead atoms. The van der Waals surface area contributed by atoms with Crippen LogP contribution in [0.5, 0.6) is 5.75 Å². The zero-order chi connectivity index (χ0) is 21.6. The van der Waals surface area contributed by atoms with E-state index in [2.05, 4.69) is 25.4 Å². The van der Waals surface area contributed by atoms with Crippen molar-refractivity contribution in [3.8, 4) is 5.75 Å². The molecule has 0 spiro atoms. The maximum absolute atomic E-state index is 12.9. The van der Waals surface area contributed by atoms with E-state index in [9.17, 15) is 4.79 Å². The summed E-state index contributed by atoms with van der Waals surface area (Å²) in [6, 6.07) is 8.13. The van der Waals surface area contributed by atoms with Crippen molar-refractivity contribution < 1.29 is 9.47 Å². The number of benzene rings is 1. The number of nitrogens with one attached hydrogen (secondary N) is 1. The fourth-order valence-electron chi connectivity index (χ4n) is 4.32. The summed E-state index contributed by atoms with van der Waals surface area (Å²) < 4.78 is 12.2. The summed E-state index contributed by atoms with van der Waals surface area (Å²) >= 11 is 0. The molecule has 1 fully saturated rings. The number of methoxy groups -OCH3 is 2. The number of pyridine rings is 1. The lowest BCUT2D eigenvalue weighted by Gasteiger charge is -2.33. The standard InChI is InChI=1S/C22H30N6O3/c1-30-11-10-28-21(24-25-26-28)15-27(18-6-4-3-5-7-18)14-17-12-16-8-9-19(31-2)13-20(16)23-22(17)29/h8-9,12-13,18H,3-7,10-11,14-15H2,1-2H3,(H,23,29). The Kier molecular flexibility index (Phi) is 6.93. The fraction of sp³-hybridized carbons (Fsp3) is 0.545. The van der Waals surface area contributed by atoms with Gasteiger partial charge in [0, 0.05) is 31.3 Å². The Morgan fingerprint density at radius 2 is 2.00 bits per heavy atom. The third-order valence-corrected chi connectivity index (χ3v) is 6.05. The number of H-pyrrole nitrogens is 1. The van der Waals surface area contributed by atoms with Gasteiger partial charge in [-0.1, -0.05) is 19.3 Å². The predicted octanol–water partition coefficient (Wildman–Crippen LogP) is 2.50. The van der Waals surface area contributed by atoms with Gasteiger partial charge in [0.2, 0.25) is 0 Å². The molecule has 1 aliphatic carbocycles. The first kappa shape index (κ1) is 21.5. The molecule has 31 heavy (non-hydrogen) atoms. The van der Waals surface area contributed by atoms with Gasteiger partial charge in [-0.25, -0.2) is 4.68 Å². The monoisotopic (exact) mass is 426 g/mol. The molecule has 2 aromatic heterocycles. The molecule has 1 aromatic carbocycles. The molecule has 2 heterocycles. The summed E-state index contributed by atoms with van der Waals surface area (Å²) in [5, 5.41) is 13.2. The van der Waals surface area contributed by atoms with Gasteiger partial charge in [-0.05, 0) is 46.9 Å². The van der Waals surface area contributed by atoms with Crippen LogP contribution in [-0.2, 0) is 24.4 Å². The third kappa shape index (κ3) is 5.11. The molecule has 0 saturated heterocycles. The normalized spacial score (nSPS) is 15.1. The van der Waals surface area contributed by atoms with E-state index in [1.807, 2.05) is 24.3 Å². The molecular weight excluding hydrogens is 396 g/mol. The first-order valence-corrected chi connectivity index (χ1v) is 10.9. The average molecular weight is 427 g/mol. The van der Waals surface area contributed by atoms with Gasteiger partial charge >= 0.3 is 0 Å². The van der Waals surface area contributed by atoms with Crippen molar-refractivity contribution in [2.45, 2.75) is 57.8 Å². The zero-order valence-corrected chi connectivity index (χ0v) is 18.2. The van der Waals surface area contributed by atoms with Crippen LogP contribution in [0.4, 0.5) is 0 Å². The first-order chi connectivity index (χ1) is 15.2. The summed E-state index contributed by atoms with van der Waals surface area (Å²) in [4.78, 5) is 18.2. The molecule has 0 amide bonds. The van der Waals surface area contributed by atoms with Crippen LogP contribution in [0, 0.1) is 0 Å². The maximum Gasteiger partial charge on any atom is 0.252 e. The Bertz CT molecular complexity index is 1060. The summed E-state index contributed by atoms with van der Waals surface area (Å²) in [6.45, 7) is 2.31. The molecule has 1 saturated carbocycles. The minimum atomic E-state index is -0.0689. The van der Waals surface area contributed by atoms with Crippen LogP contribution in [0.15, 0.2) is 29.1 Å². The highest BCUT2D eigenvalue weighted by Gasteiger charge is 2.24. The molecule has 166 valence electrons. The van der Waals surface area contributed by atoms with E-state index < -0.39 is 0 Å². The Morgan fingerprint density at radius 3 is 2.77 bits per heavy atom. The fourth-order valence-corrected chi connectivity index (χ4v) is 4.32. The minimum absolute atomic E-state index is 0.0689. The summed E-state index contributed by atoms with van der Waals surface area (Å²) in [5.74, 6) is 1.52. The van der Waals surface area contributed by atoms with Gasteiger partial charge in [-0.15, -0.1) is 5.10 Å². The number of hydrogen-bond donors (Lipinski definition) is 1. The molecule has 0 aliphatic heterocycles. The van der Waals surface area contributed by atoms with Crippen molar-refractivity contribution in [2.24, 2.45) is 0 Å². The third-order valence-electron chi connectivity index (χ3n) is 6.05. The van der Waals surface area contributed by atoms with Gasteiger partial charge in [-0.3, -0.25) is 9.69 Å². The zero-order valence-electron chi connectivity index (χ0n) is 18.2. The number of ether oxygens (including phenoxy) is 2. The van der Waals surface area contributed by atoms with E-state index >= 15 is 0 Å². The van der Waals surface area contributed by atoms with Gasteiger partial charge < -0.3 is 14.5 Å². The molecule has 3 aromatic rings. The lowest BCUT2D eigenvalue weighted by atomic mass is 9.93. The maximum atomic E-state index is 12.9. The highest BCUT2D eigenvalue weighted by molar-refractivity contribution is 5.80. The Hall–Kier alpha value is -2.78. The SMILES string of the molecule is COCCn1nnnc1CN(Cc1cc2ccc(OC)cc2[nH]c1=O)C1CCCCC1. The van der Waals surface area contributed by atoms with Crippen LogP contribution in [0.3, 0.4) is 0 Å². The summed E-state index contributed by atoms with van der Waals surface area (Å²) in [6.07, 6.45) is 5.95. The second-order valence-corrected chi connectivity index (χ2v) is 8.08. The van der Waals surface area contributed by atoms with Crippen LogP contribution >= 0.6 is 0 Å². The molecule has 0 radical (unpaired) electrons. The van der Waals surface area contributed by atoms with Gasteiger partial charge in [-0.2, -0.15) is 0 Å². The number of hydrogen-bond acceptors (Lipinski definition) is 7. The largest absolute Gasteiger partial charge is 0.497 e. The van der Waals surface area contributed by atoms with Crippen molar-refractivity contribution in [2.75, 3.05) is 20.8 Å². The van der Waals surface area contributed by atoms with Crippen LogP contribution in [0.2, 0.25) is 0 Å². The van der Waals surface area contributed by atoms with Crippen LogP contribution in [-0.4, -0.2) is 57.0 Å². The number of fused-ring (bicyclic) bond motifs is 1. The molecule has 1 aliphatic rings. The predicted molar refractivity (Wildman–Crippen MR) is 117 cm³/mol. The van der Waals surface area contributed by atoms with E-state index in [1.54, 1.807) is 18.9 Å². The average Bonchev–Trinajstić information content (AvgIpc) is 3.24. The number of tetrazole rings is 1. The van der Waals surface area contributed by atoms with E-state index in [4.69, 9.17) is 9.47 Å². The smallest absolute Gasteiger partial charge is 0.252 e. The lowest BCUT2D eigenvalue weighted by Crippen LogP contribution is -2.38. The van der Waals surface area contributed by atoms with Crippen molar-refractivity contribution >= 4 is 10.9 Å². The highest BCUT2D eigenvalue weighted by Crippen LogP contribution is 2.26. The topological polar surface area (TPSA) is 98.2 Å². The van der Waals surface area contributed by atoms with E-state index in [0.717, 1.165) is 40.9 Å². The molecule has 0 atom stereocenters. The van der Waals surface area contributed by atoms with Gasteiger partial charge in [0.15, 0.2) is 5.82 Å². The van der Waals surface area contributed by atoms with Crippen LogP contribution in [0.25, 0.3) is 10.9 Å². The molecule has 4 rings (SSSR count). The van der Waals surface area contributed by atoms with Crippen molar-refractivity contribution in [1.29, 1.82) is 0 Å². The number of nitrogens with zero attached hydrogens (tertiary/aromatic N) is 5. The van der Waals surface area contributed by atoms with Crippen molar-refractivity contribution in [3.05, 3.63) is 46.0 Å². The van der Waals surface area contributed by atoms with Gasteiger partial charge in [0.1, 0.15) is 5.75 Å². The van der Waals surface area contributed by atoms with E-state index in [-0.39, 0.29) is 5.56 Å². The van der Waals surface area contributed by atoms with Crippen molar-refractivity contribution in [3.63, 3.8) is 0 Å².